The van der Waals surface area contributed by atoms with E-state index in [2.05, 4.69) is 25.6 Å². The molecule has 0 saturated carbocycles. The lowest BCUT2D eigenvalue weighted by Crippen LogP contribution is -2.13. The maximum absolute atomic E-state index is 13.1. The van der Waals surface area contributed by atoms with Gasteiger partial charge in [-0.3, -0.25) is 4.72 Å². The molecule has 1 aromatic heterocycles. The lowest BCUT2D eigenvalue weighted by Gasteiger charge is -2.10. The normalized spacial score (nSPS) is 11.4. The van der Waals surface area contributed by atoms with Crippen molar-refractivity contribution in [2.45, 2.75) is 4.90 Å². The molecule has 10 heteroatoms. The summed E-state index contributed by atoms with van der Waals surface area (Å²) < 4.78 is 39.6. The van der Waals surface area contributed by atoms with Gasteiger partial charge in [0.05, 0.1) is 10.7 Å². The van der Waals surface area contributed by atoms with Crippen LogP contribution in [0.5, 0.6) is 0 Å². The van der Waals surface area contributed by atoms with Crippen LogP contribution < -0.4 is 4.72 Å². The van der Waals surface area contributed by atoms with Crippen molar-refractivity contribution in [2.24, 2.45) is 0 Å². The summed E-state index contributed by atoms with van der Waals surface area (Å²) in [4.78, 5) is 12.8. The van der Waals surface area contributed by atoms with E-state index in [1.165, 1.54) is 0 Å². The number of halogens is 3. The topological polar surface area (TPSA) is 99.3 Å². The maximum Gasteiger partial charge on any atom is 0.352 e. The number of benzene rings is 1. The molecule has 112 valence electrons. The zero-order chi connectivity index (χ0) is 15.8. The minimum absolute atomic E-state index is 0.0452. The number of nitrogens with one attached hydrogen (secondary N) is 2. The molecular weight excluding hydrogens is 391 g/mol. The summed E-state index contributed by atoms with van der Waals surface area (Å²) in [5.74, 6) is -1.93. The van der Waals surface area contributed by atoms with Crippen molar-refractivity contribution in [3.8, 4) is 0 Å². The Morgan fingerprint density at radius 1 is 1.38 bits per heavy atom. The van der Waals surface area contributed by atoms with Crippen LogP contribution in [0.3, 0.4) is 0 Å². The molecular formula is C11H7BrClFN2O4S. The van der Waals surface area contributed by atoms with Crippen molar-refractivity contribution >= 4 is 49.2 Å². The number of aromatic carboxylic acids is 1. The number of hydrogen-bond donors (Lipinski definition) is 3. The van der Waals surface area contributed by atoms with E-state index in [-0.39, 0.29) is 25.8 Å². The highest BCUT2D eigenvalue weighted by molar-refractivity contribution is 9.10. The predicted molar refractivity (Wildman–Crippen MR) is 77.7 cm³/mol. The fraction of sp³-hybridized carbons (Fsp3) is 0. The second-order valence-electron chi connectivity index (χ2n) is 3.90. The average Bonchev–Trinajstić information content (AvgIpc) is 2.84. The fourth-order valence-corrected chi connectivity index (χ4v) is 3.67. The second kappa shape index (κ2) is 5.66. The average molecular weight is 398 g/mol. The quantitative estimate of drug-likeness (QED) is 0.738. The highest BCUT2D eigenvalue weighted by Gasteiger charge is 2.21. The number of H-pyrrole nitrogens is 1. The molecule has 0 spiro atoms. The van der Waals surface area contributed by atoms with E-state index in [0.717, 1.165) is 24.4 Å². The molecule has 0 unspecified atom stereocenters. The first-order valence-electron chi connectivity index (χ1n) is 5.30. The molecule has 0 radical (unpaired) electrons. The fourth-order valence-electron chi connectivity index (χ4n) is 1.49. The molecule has 0 atom stereocenters. The van der Waals surface area contributed by atoms with E-state index in [0.29, 0.717) is 0 Å². The van der Waals surface area contributed by atoms with Crippen molar-refractivity contribution in [3.05, 3.63) is 45.4 Å². The van der Waals surface area contributed by atoms with Crippen LogP contribution in [-0.2, 0) is 10.0 Å². The van der Waals surface area contributed by atoms with Crippen LogP contribution in [0.2, 0.25) is 5.02 Å². The van der Waals surface area contributed by atoms with Gasteiger partial charge in [-0.15, -0.1) is 0 Å². The predicted octanol–water partition coefficient (Wildman–Crippen LogP) is 3.07. The molecule has 21 heavy (non-hydrogen) atoms. The Morgan fingerprint density at radius 3 is 2.57 bits per heavy atom. The first-order valence-corrected chi connectivity index (χ1v) is 7.95. The van der Waals surface area contributed by atoms with E-state index in [9.17, 15) is 17.6 Å². The third kappa shape index (κ3) is 3.36. The summed E-state index contributed by atoms with van der Waals surface area (Å²) in [7, 11) is -4.07. The van der Waals surface area contributed by atoms with Crippen molar-refractivity contribution < 1.29 is 22.7 Å². The van der Waals surface area contributed by atoms with Gasteiger partial charge in [0.15, 0.2) is 0 Å². The Kier molecular flexibility index (Phi) is 4.26. The van der Waals surface area contributed by atoms with Gasteiger partial charge in [0.25, 0.3) is 10.0 Å². The lowest BCUT2D eigenvalue weighted by molar-refractivity contribution is 0.0691. The molecule has 2 rings (SSSR count). The van der Waals surface area contributed by atoms with Crippen LogP contribution in [0.4, 0.5) is 10.1 Å². The van der Waals surface area contributed by atoms with Crippen molar-refractivity contribution in [2.75, 3.05) is 4.72 Å². The maximum atomic E-state index is 13.1. The molecule has 6 nitrogen and oxygen atoms in total. The van der Waals surface area contributed by atoms with Gasteiger partial charge >= 0.3 is 5.97 Å². The number of hydrogen-bond acceptors (Lipinski definition) is 3. The van der Waals surface area contributed by atoms with Crippen LogP contribution in [0, 0.1) is 5.82 Å². The first kappa shape index (κ1) is 15.8. The Balaban J connectivity index is 2.40. The molecule has 2 aromatic rings. The van der Waals surface area contributed by atoms with Crippen LogP contribution in [-0.4, -0.2) is 24.5 Å². The Bertz CT molecular complexity index is 798. The molecule has 0 fully saturated rings. The second-order valence-corrected chi connectivity index (χ2v) is 6.85. The van der Waals surface area contributed by atoms with Gasteiger partial charge in [-0.2, -0.15) is 0 Å². The van der Waals surface area contributed by atoms with Gasteiger partial charge in [-0.1, -0.05) is 11.6 Å². The number of sulfonamides is 1. The number of carboxylic acid groups (broad SMARTS) is 1. The third-order valence-electron chi connectivity index (χ3n) is 2.44. The largest absolute Gasteiger partial charge is 0.477 e. The minimum atomic E-state index is -4.07. The third-order valence-corrected chi connectivity index (χ3v) is 4.69. The first-order chi connectivity index (χ1) is 9.70. The summed E-state index contributed by atoms with van der Waals surface area (Å²) in [6.45, 7) is 0. The van der Waals surface area contributed by atoms with Crippen molar-refractivity contribution in [1.29, 1.82) is 0 Å². The number of carbonyl (C=O) groups is 1. The molecule has 0 aliphatic heterocycles. The number of carboxylic acids is 1. The van der Waals surface area contributed by atoms with Crippen LogP contribution >= 0.6 is 27.5 Å². The standard InChI is InChI=1S/C11H7BrClFN2O4S/c12-7-1-5(14)2-8(13)10(7)16-21(19,20)6-3-9(11(17)18)15-4-6/h1-4,15-16H,(H,17,18). The zero-order valence-electron chi connectivity index (χ0n) is 10.0. The van der Waals surface area contributed by atoms with Crippen molar-refractivity contribution in [3.63, 3.8) is 0 Å². The van der Waals surface area contributed by atoms with Gasteiger partial charge in [-0.05, 0) is 34.1 Å². The highest BCUT2D eigenvalue weighted by atomic mass is 79.9. The molecule has 1 heterocycles. The number of anilines is 1. The van der Waals surface area contributed by atoms with Crippen LogP contribution in [0.1, 0.15) is 10.5 Å². The molecule has 0 aliphatic rings. The zero-order valence-corrected chi connectivity index (χ0v) is 13.2. The van der Waals surface area contributed by atoms with E-state index in [4.69, 9.17) is 16.7 Å². The van der Waals surface area contributed by atoms with E-state index >= 15 is 0 Å². The SMILES string of the molecule is O=C(O)c1cc(S(=O)(=O)Nc2c(Cl)cc(F)cc2Br)c[nH]1. The van der Waals surface area contributed by atoms with E-state index < -0.39 is 21.8 Å². The number of rotatable bonds is 4. The summed E-state index contributed by atoms with van der Waals surface area (Å²) in [5.41, 5.74) is -0.323. The summed E-state index contributed by atoms with van der Waals surface area (Å²) in [5, 5.41) is 8.62. The van der Waals surface area contributed by atoms with Gasteiger partial charge in [-0.25, -0.2) is 17.6 Å². The van der Waals surface area contributed by atoms with Gasteiger partial charge in [0.2, 0.25) is 0 Å². The van der Waals surface area contributed by atoms with Crippen LogP contribution in [0.15, 0.2) is 33.8 Å². The Labute approximate surface area is 132 Å². The molecule has 0 amide bonds. The van der Waals surface area contributed by atoms with Crippen molar-refractivity contribution in [1.82, 2.24) is 4.98 Å². The minimum Gasteiger partial charge on any atom is -0.477 e. The molecule has 0 bridgehead atoms. The Morgan fingerprint density at radius 2 is 2.05 bits per heavy atom. The lowest BCUT2D eigenvalue weighted by atomic mass is 10.3. The summed E-state index contributed by atoms with van der Waals surface area (Å²) in [6, 6.07) is 2.95. The number of aromatic amines is 1. The number of aromatic nitrogens is 1. The van der Waals surface area contributed by atoms with Gasteiger partial charge < -0.3 is 10.1 Å². The van der Waals surface area contributed by atoms with Gasteiger partial charge in [0, 0.05) is 10.7 Å². The molecule has 0 saturated heterocycles. The van der Waals surface area contributed by atoms with Gasteiger partial charge in [0.1, 0.15) is 16.4 Å². The summed E-state index contributed by atoms with van der Waals surface area (Å²) in [6.07, 6.45) is 1.02. The molecule has 1 aromatic carbocycles. The van der Waals surface area contributed by atoms with E-state index in [1.54, 1.807) is 0 Å². The molecule has 0 aliphatic carbocycles. The molecule has 3 N–H and O–H groups in total. The van der Waals surface area contributed by atoms with Crippen LogP contribution in [0.25, 0.3) is 0 Å². The smallest absolute Gasteiger partial charge is 0.352 e. The monoisotopic (exact) mass is 396 g/mol. The van der Waals surface area contributed by atoms with E-state index in [1.807, 2.05) is 0 Å². The summed E-state index contributed by atoms with van der Waals surface area (Å²) >= 11 is 8.78. The Hall–Kier alpha value is -1.58. The highest BCUT2D eigenvalue weighted by Crippen LogP contribution is 2.33.